The molecule has 0 saturated carbocycles. The summed E-state index contributed by atoms with van der Waals surface area (Å²) in [4.78, 5) is 9.68. The van der Waals surface area contributed by atoms with Crippen LogP contribution in [0.3, 0.4) is 0 Å². The van der Waals surface area contributed by atoms with Gasteiger partial charge in [-0.25, -0.2) is 0 Å². The quantitative estimate of drug-likeness (QED) is 0.348. The van der Waals surface area contributed by atoms with E-state index in [9.17, 15) is 0 Å². The number of nitrogens with zero attached hydrogens (tertiary/aromatic N) is 3. The SMILES string of the molecule is CCNC(=NCC(C)N1CCN(C)CC1)NCCc1cccc(Cl)c1.I. The molecule has 1 heterocycles. The third kappa shape index (κ3) is 8.41. The van der Waals surface area contributed by atoms with Crippen LogP contribution in [0.5, 0.6) is 0 Å². The molecule has 26 heavy (non-hydrogen) atoms. The smallest absolute Gasteiger partial charge is 0.191 e. The molecule has 1 saturated heterocycles. The summed E-state index contributed by atoms with van der Waals surface area (Å²) in [5.74, 6) is 0.894. The van der Waals surface area contributed by atoms with Crippen LogP contribution in [0.2, 0.25) is 5.02 Å². The number of halogens is 2. The van der Waals surface area contributed by atoms with Gasteiger partial charge in [-0.2, -0.15) is 0 Å². The topological polar surface area (TPSA) is 42.9 Å². The normalized spacial score (nSPS) is 17.5. The van der Waals surface area contributed by atoms with Gasteiger partial charge in [0.15, 0.2) is 5.96 Å². The van der Waals surface area contributed by atoms with Crippen LogP contribution in [-0.2, 0) is 6.42 Å². The van der Waals surface area contributed by atoms with E-state index in [0.717, 1.165) is 63.2 Å². The molecule has 0 bridgehead atoms. The molecule has 1 aromatic rings. The Morgan fingerprint density at radius 1 is 1.23 bits per heavy atom. The van der Waals surface area contributed by atoms with Crippen molar-refractivity contribution in [3.8, 4) is 0 Å². The minimum atomic E-state index is 0. The fourth-order valence-corrected chi connectivity index (χ4v) is 3.17. The van der Waals surface area contributed by atoms with Crippen molar-refractivity contribution in [3.63, 3.8) is 0 Å². The first kappa shape index (κ1) is 23.5. The van der Waals surface area contributed by atoms with Gasteiger partial charge >= 0.3 is 0 Å². The van der Waals surface area contributed by atoms with E-state index in [-0.39, 0.29) is 24.0 Å². The first-order valence-corrected chi connectivity index (χ1v) is 9.65. The van der Waals surface area contributed by atoms with Crippen molar-refractivity contribution < 1.29 is 0 Å². The lowest BCUT2D eigenvalue weighted by Crippen LogP contribution is -2.49. The van der Waals surface area contributed by atoms with Crippen LogP contribution in [-0.4, -0.2) is 74.7 Å². The number of rotatable bonds is 7. The largest absolute Gasteiger partial charge is 0.357 e. The number of guanidine groups is 1. The zero-order chi connectivity index (χ0) is 18.1. The zero-order valence-electron chi connectivity index (χ0n) is 16.2. The predicted molar refractivity (Wildman–Crippen MR) is 123 cm³/mol. The van der Waals surface area contributed by atoms with Crippen LogP contribution in [0.25, 0.3) is 0 Å². The average molecular weight is 494 g/mol. The van der Waals surface area contributed by atoms with Gasteiger partial charge in [0.25, 0.3) is 0 Å². The minimum Gasteiger partial charge on any atom is -0.357 e. The van der Waals surface area contributed by atoms with Gasteiger partial charge in [-0.15, -0.1) is 24.0 Å². The molecule has 0 spiro atoms. The maximum absolute atomic E-state index is 6.04. The molecule has 0 aromatic heterocycles. The summed E-state index contributed by atoms with van der Waals surface area (Å²) in [7, 11) is 2.19. The highest BCUT2D eigenvalue weighted by molar-refractivity contribution is 14.0. The molecule has 1 fully saturated rings. The standard InChI is InChI=1S/C19H32ClN5.HI/c1-4-21-19(22-9-8-17-6-5-7-18(20)14-17)23-15-16(2)25-12-10-24(3)11-13-25;/h5-7,14,16H,4,8-13,15H2,1-3H3,(H2,21,22,23);1H. The molecule has 1 aliphatic heterocycles. The second kappa shape index (κ2) is 12.8. The number of aliphatic imine (C=N–C) groups is 1. The number of hydrogen-bond acceptors (Lipinski definition) is 3. The van der Waals surface area contributed by atoms with Crippen LogP contribution in [0.4, 0.5) is 0 Å². The van der Waals surface area contributed by atoms with Crippen LogP contribution in [0.15, 0.2) is 29.3 Å². The van der Waals surface area contributed by atoms with Crippen LogP contribution in [0, 0.1) is 0 Å². The third-order valence-electron chi connectivity index (χ3n) is 4.61. The van der Waals surface area contributed by atoms with Gasteiger partial charge in [0, 0.05) is 50.3 Å². The second-order valence-electron chi connectivity index (χ2n) is 6.71. The summed E-state index contributed by atoms with van der Waals surface area (Å²) in [5, 5.41) is 7.55. The molecule has 5 nitrogen and oxygen atoms in total. The van der Waals surface area contributed by atoms with E-state index >= 15 is 0 Å². The van der Waals surface area contributed by atoms with Gasteiger partial charge in [0.05, 0.1) is 6.54 Å². The van der Waals surface area contributed by atoms with Crippen molar-refractivity contribution in [2.75, 3.05) is 52.9 Å². The van der Waals surface area contributed by atoms with E-state index in [0.29, 0.717) is 6.04 Å². The molecule has 1 aromatic carbocycles. The first-order chi connectivity index (χ1) is 12.1. The van der Waals surface area contributed by atoms with E-state index < -0.39 is 0 Å². The Balaban J connectivity index is 0.00000338. The number of piperazine rings is 1. The molecule has 1 aliphatic rings. The first-order valence-electron chi connectivity index (χ1n) is 9.27. The van der Waals surface area contributed by atoms with E-state index in [1.807, 2.05) is 18.2 Å². The van der Waals surface area contributed by atoms with Gasteiger partial charge in [0.1, 0.15) is 0 Å². The summed E-state index contributed by atoms with van der Waals surface area (Å²) < 4.78 is 0. The fourth-order valence-electron chi connectivity index (χ4n) is 2.96. The highest BCUT2D eigenvalue weighted by Crippen LogP contribution is 2.10. The van der Waals surface area contributed by atoms with Crippen molar-refractivity contribution in [1.82, 2.24) is 20.4 Å². The van der Waals surface area contributed by atoms with Crippen molar-refractivity contribution in [3.05, 3.63) is 34.9 Å². The summed E-state index contributed by atoms with van der Waals surface area (Å²) in [5.41, 5.74) is 1.24. The molecular weight excluding hydrogens is 461 g/mol. The molecule has 0 amide bonds. The summed E-state index contributed by atoms with van der Waals surface area (Å²) >= 11 is 6.04. The fraction of sp³-hybridized carbons (Fsp3) is 0.632. The number of hydrogen-bond donors (Lipinski definition) is 2. The number of likely N-dealkylation sites (N-methyl/N-ethyl adjacent to an activating group) is 1. The minimum absolute atomic E-state index is 0. The lowest BCUT2D eigenvalue weighted by atomic mass is 10.1. The molecule has 1 atom stereocenters. The van der Waals surface area contributed by atoms with Crippen molar-refractivity contribution >= 4 is 41.5 Å². The van der Waals surface area contributed by atoms with Crippen molar-refractivity contribution in [1.29, 1.82) is 0 Å². The average Bonchev–Trinajstić information content (AvgIpc) is 2.60. The second-order valence-corrected chi connectivity index (χ2v) is 7.15. The van der Waals surface area contributed by atoms with Gasteiger partial charge in [-0.1, -0.05) is 23.7 Å². The number of benzene rings is 1. The summed E-state index contributed by atoms with van der Waals surface area (Å²) in [6.07, 6.45) is 0.930. The Labute approximate surface area is 180 Å². The van der Waals surface area contributed by atoms with Crippen LogP contribution < -0.4 is 10.6 Å². The Morgan fingerprint density at radius 3 is 2.62 bits per heavy atom. The predicted octanol–water partition coefficient (Wildman–Crippen LogP) is 2.69. The Bertz CT molecular complexity index is 546. The van der Waals surface area contributed by atoms with Crippen molar-refractivity contribution in [2.45, 2.75) is 26.3 Å². The van der Waals surface area contributed by atoms with Gasteiger partial charge in [-0.05, 0) is 45.0 Å². The van der Waals surface area contributed by atoms with Crippen LogP contribution in [0.1, 0.15) is 19.4 Å². The molecule has 1 unspecified atom stereocenters. The van der Waals surface area contributed by atoms with Gasteiger partial charge < -0.3 is 15.5 Å². The van der Waals surface area contributed by atoms with Gasteiger partial charge in [-0.3, -0.25) is 9.89 Å². The zero-order valence-corrected chi connectivity index (χ0v) is 19.3. The Kier molecular flexibility index (Phi) is 11.5. The Morgan fingerprint density at radius 2 is 1.96 bits per heavy atom. The highest BCUT2D eigenvalue weighted by atomic mass is 127. The maximum atomic E-state index is 6.04. The molecule has 7 heteroatoms. The van der Waals surface area contributed by atoms with Crippen LogP contribution >= 0.6 is 35.6 Å². The molecule has 148 valence electrons. The van der Waals surface area contributed by atoms with Crippen molar-refractivity contribution in [2.24, 2.45) is 4.99 Å². The number of nitrogens with one attached hydrogen (secondary N) is 2. The molecule has 0 aliphatic carbocycles. The van der Waals surface area contributed by atoms with E-state index in [2.05, 4.69) is 47.4 Å². The lowest BCUT2D eigenvalue weighted by molar-refractivity contribution is 0.122. The molecular formula is C19H33ClIN5. The van der Waals surface area contributed by atoms with E-state index in [1.165, 1.54) is 5.56 Å². The molecule has 2 rings (SSSR count). The Hall–Kier alpha value is -0.570. The summed E-state index contributed by atoms with van der Waals surface area (Å²) in [6, 6.07) is 8.49. The lowest BCUT2D eigenvalue weighted by Gasteiger charge is -2.35. The molecule has 2 N–H and O–H groups in total. The third-order valence-corrected chi connectivity index (χ3v) is 4.85. The van der Waals surface area contributed by atoms with E-state index in [4.69, 9.17) is 16.6 Å². The molecule has 0 radical (unpaired) electrons. The monoisotopic (exact) mass is 493 g/mol. The highest BCUT2D eigenvalue weighted by Gasteiger charge is 2.18. The van der Waals surface area contributed by atoms with Gasteiger partial charge in [0.2, 0.25) is 0 Å². The van der Waals surface area contributed by atoms with E-state index in [1.54, 1.807) is 0 Å². The summed E-state index contributed by atoms with van der Waals surface area (Å²) in [6.45, 7) is 11.4. The maximum Gasteiger partial charge on any atom is 0.191 e.